The maximum atomic E-state index is 10.9. The molecular formula is C8H14NO4Y5-. The summed E-state index contributed by atoms with van der Waals surface area (Å²) in [6, 6.07) is -1.19. The summed E-state index contributed by atoms with van der Waals surface area (Å²) >= 11 is 0. The zero-order chi connectivity index (χ0) is 10.6. The molecule has 0 aliphatic carbocycles. The van der Waals surface area contributed by atoms with Gasteiger partial charge in [-0.1, -0.05) is 0 Å². The van der Waals surface area contributed by atoms with Crippen molar-refractivity contribution < 1.29 is 183 Å². The number of aliphatic carboxylic acids is 1. The smallest absolute Gasteiger partial charge is 0.405 e. The Morgan fingerprint density at radius 3 is 1.67 bits per heavy atom. The van der Waals surface area contributed by atoms with E-state index in [1.165, 1.54) is 0 Å². The Balaban J connectivity index is -0.0000000720. The number of nitrogens with one attached hydrogen (secondary N) is 1. The number of carbonyl (C=O) groups is 2. The summed E-state index contributed by atoms with van der Waals surface area (Å²) in [5, 5.41) is 10.5. The molecule has 1 unspecified atom stereocenters. The molecule has 1 atom stereocenters. The quantitative estimate of drug-likeness (QED) is 0.442. The SMILES string of the molecule is [CH2-]C(NC(=O)OC(C)(C)C)C(=O)O.[Y].[Y].[Y].[Y].[Y]. The van der Waals surface area contributed by atoms with Gasteiger partial charge in [-0.15, -0.1) is 0 Å². The van der Waals surface area contributed by atoms with E-state index in [2.05, 4.69) is 12.2 Å². The molecule has 5 nitrogen and oxygen atoms in total. The van der Waals surface area contributed by atoms with E-state index < -0.39 is 23.7 Å². The van der Waals surface area contributed by atoms with Crippen LogP contribution >= 0.6 is 0 Å². The zero-order valence-electron chi connectivity index (χ0n) is 10.8. The van der Waals surface area contributed by atoms with Crippen molar-refractivity contribution in [3.8, 4) is 0 Å². The largest absolute Gasteiger partial charge is 0.482 e. The van der Waals surface area contributed by atoms with Gasteiger partial charge in [-0.3, -0.25) is 4.79 Å². The van der Waals surface area contributed by atoms with Gasteiger partial charge in [-0.25, -0.2) is 4.79 Å². The van der Waals surface area contributed by atoms with E-state index in [0.29, 0.717) is 0 Å². The van der Waals surface area contributed by atoms with E-state index in [1.807, 2.05) is 0 Å². The summed E-state index contributed by atoms with van der Waals surface area (Å²) < 4.78 is 4.81. The van der Waals surface area contributed by atoms with E-state index in [4.69, 9.17) is 9.84 Å². The van der Waals surface area contributed by atoms with Gasteiger partial charge in [0.25, 0.3) is 5.97 Å². The number of carbonyl (C=O) groups excluding carboxylic acids is 1. The van der Waals surface area contributed by atoms with Gasteiger partial charge in [-0.2, -0.15) is 0 Å². The van der Waals surface area contributed by atoms with Crippen LogP contribution in [0.2, 0.25) is 0 Å². The second-order valence-corrected chi connectivity index (χ2v) is 3.54. The molecule has 0 saturated carbocycles. The fourth-order valence-electron chi connectivity index (χ4n) is 0.512. The first-order valence-electron chi connectivity index (χ1n) is 3.78. The summed E-state index contributed by atoms with van der Waals surface area (Å²) in [5.74, 6) is -1.20. The molecule has 0 fully saturated rings. The molecule has 0 spiro atoms. The van der Waals surface area contributed by atoms with Crippen LogP contribution in [0.5, 0.6) is 0 Å². The minimum absolute atomic E-state index is 0. The molecule has 0 aliphatic heterocycles. The third-order valence-electron chi connectivity index (χ3n) is 0.989. The molecule has 18 heavy (non-hydrogen) atoms. The Morgan fingerprint density at radius 1 is 1.11 bits per heavy atom. The van der Waals surface area contributed by atoms with Gasteiger partial charge >= 0.3 is 6.09 Å². The molecule has 10 heteroatoms. The van der Waals surface area contributed by atoms with Crippen LogP contribution in [0.3, 0.4) is 0 Å². The molecular weight excluding hydrogens is 619 g/mol. The number of rotatable bonds is 2. The average Bonchev–Trinajstić information content (AvgIpc) is 1.81. The van der Waals surface area contributed by atoms with Crippen molar-refractivity contribution in [2.75, 3.05) is 0 Å². The Kier molecular flexibility index (Phi) is 40.8. The molecule has 91 valence electrons. The number of hydrogen-bond donors (Lipinski definition) is 2. The third kappa shape index (κ3) is 25.2. The van der Waals surface area contributed by atoms with Crippen LogP contribution in [0.1, 0.15) is 20.8 Å². The molecule has 0 bridgehead atoms. The number of alkyl carbamates (subject to hydrolysis) is 1. The fraction of sp³-hybridized carbons (Fsp3) is 0.625. The van der Waals surface area contributed by atoms with Crippen molar-refractivity contribution in [3.63, 3.8) is 0 Å². The minimum atomic E-state index is -1.20. The summed E-state index contributed by atoms with van der Waals surface area (Å²) in [4.78, 5) is 21.2. The summed E-state index contributed by atoms with van der Waals surface area (Å²) in [5.41, 5.74) is -0.637. The summed E-state index contributed by atoms with van der Waals surface area (Å²) in [6.07, 6.45) is -0.783. The topological polar surface area (TPSA) is 75.6 Å². The van der Waals surface area contributed by atoms with Gasteiger partial charge in [0.05, 0.1) is 0 Å². The number of amides is 1. The predicted octanol–water partition coefficient (Wildman–Crippen LogP) is 0.786. The van der Waals surface area contributed by atoms with Crippen LogP contribution in [0, 0.1) is 6.92 Å². The maximum absolute atomic E-state index is 10.9. The number of hydrogen-bond acceptors (Lipinski definition) is 3. The molecule has 0 rings (SSSR count). The van der Waals surface area contributed by atoms with Crippen molar-refractivity contribution in [3.05, 3.63) is 6.92 Å². The first-order valence-corrected chi connectivity index (χ1v) is 3.78. The minimum Gasteiger partial charge on any atom is -0.482 e. The molecule has 2 N–H and O–H groups in total. The Bertz CT molecular complexity index is 222. The van der Waals surface area contributed by atoms with Gasteiger partial charge in [0.15, 0.2) is 0 Å². The molecule has 1 amide bonds. The fourth-order valence-corrected chi connectivity index (χ4v) is 0.512. The normalized spacial score (nSPS) is 9.56. The zero-order valence-corrected chi connectivity index (χ0v) is 25.0. The summed E-state index contributed by atoms with van der Waals surface area (Å²) in [6.45, 7) is 8.25. The van der Waals surface area contributed by atoms with Crippen LogP contribution in [-0.2, 0) is 173 Å². The van der Waals surface area contributed by atoms with Crippen LogP contribution < -0.4 is 5.32 Å². The molecule has 0 aromatic rings. The number of carboxylic acids is 1. The first kappa shape index (κ1) is 38.1. The van der Waals surface area contributed by atoms with Crippen molar-refractivity contribution in [1.29, 1.82) is 0 Å². The molecule has 0 heterocycles. The van der Waals surface area contributed by atoms with E-state index in [9.17, 15) is 9.59 Å². The molecule has 0 aromatic heterocycles. The molecule has 5 radical (unpaired) electrons. The van der Waals surface area contributed by atoms with Crippen molar-refractivity contribution in [2.24, 2.45) is 0 Å². The van der Waals surface area contributed by atoms with Crippen molar-refractivity contribution >= 4 is 12.1 Å². The monoisotopic (exact) mass is 633 g/mol. The number of ether oxygens (including phenoxy) is 1. The van der Waals surface area contributed by atoms with Crippen molar-refractivity contribution in [1.82, 2.24) is 5.32 Å². The molecule has 0 saturated heterocycles. The number of carboxylic acid groups (broad SMARTS) is 1. The molecule has 0 aromatic carbocycles. The van der Waals surface area contributed by atoms with E-state index in [1.54, 1.807) is 20.8 Å². The van der Waals surface area contributed by atoms with Crippen LogP contribution in [0.15, 0.2) is 0 Å². The average molecular weight is 633 g/mol. The Hall–Kier alpha value is 4.26. The van der Waals surface area contributed by atoms with E-state index >= 15 is 0 Å². The van der Waals surface area contributed by atoms with Gasteiger partial charge in [0, 0.05) is 170 Å². The van der Waals surface area contributed by atoms with Gasteiger partial charge in [0.1, 0.15) is 5.60 Å². The van der Waals surface area contributed by atoms with Crippen molar-refractivity contribution in [2.45, 2.75) is 32.4 Å². The third-order valence-corrected chi connectivity index (χ3v) is 0.989. The standard InChI is InChI=1S/C8H14NO4.5Y/c1-5(6(10)11)9-7(12)13-8(2,3)4;;;;;/h5H,1H2,2-4H3,(H,9,12)(H,10,11);;;;;/q-1;;;;;. The molecule has 0 aliphatic rings. The van der Waals surface area contributed by atoms with Gasteiger partial charge < -0.3 is 22.1 Å². The maximum Gasteiger partial charge on any atom is 0.405 e. The van der Waals surface area contributed by atoms with Gasteiger partial charge in [0.2, 0.25) is 0 Å². The first-order chi connectivity index (χ1) is 5.72. The summed E-state index contributed by atoms with van der Waals surface area (Å²) in [7, 11) is 0. The second-order valence-electron chi connectivity index (χ2n) is 3.54. The Labute approximate surface area is 234 Å². The van der Waals surface area contributed by atoms with Crippen LogP contribution in [-0.4, -0.2) is 28.8 Å². The van der Waals surface area contributed by atoms with Crippen LogP contribution in [0.25, 0.3) is 0 Å². The van der Waals surface area contributed by atoms with E-state index in [-0.39, 0.29) is 164 Å². The van der Waals surface area contributed by atoms with Crippen LogP contribution in [0.4, 0.5) is 4.79 Å². The Morgan fingerprint density at radius 2 is 1.44 bits per heavy atom. The predicted molar refractivity (Wildman–Crippen MR) is 46.2 cm³/mol. The van der Waals surface area contributed by atoms with Gasteiger partial charge in [-0.05, 0) is 20.8 Å². The second kappa shape index (κ2) is 19.3. The van der Waals surface area contributed by atoms with E-state index in [0.717, 1.165) is 0 Å².